The van der Waals surface area contributed by atoms with E-state index in [0.29, 0.717) is 16.3 Å². The Morgan fingerprint density at radius 1 is 1.41 bits per heavy atom. The van der Waals surface area contributed by atoms with E-state index in [1.54, 1.807) is 18.2 Å². The number of hydrogen-bond acceptors (Lipinski definition) is 2. The van der Waals surface area contributed by atoms with E-state index in [1.165, 1.54) is 0 Å². The Bertz CT molecular complexity index is 508. The molecule has 1 unspecified atom stereocenters. The van der Waals surface area contributed by atoms with Crippen LogP contribution in [-0.2, 0) is 0 Å². The number of rotatable bonds is 4. The van der Waals surface area contributed by atoms with Crippen LogP contribution in [-0.4, -0.2) is 11.3 Å². The third-order valence-electron chi connectivity index (χ3n) is 2.46. The first-order chi connectivity index (χ1) is 8.20. The summed E-state index contributed by atoms with van der Waals surface area (Å²) in [5.41, 5.74) is 1.51. The van der Waals surface area contributed by atoms with Crippen molar-refractivity contribution in [2.45, 2.75) is 13.0 Å². The second-order valence-electron chi connectivity index (χ2n) is 3.69. The van der Waals surface area contributed by atoms with E-state index in [4.69, 9.17) is 16.3 Å². The summed E-state index contributed by atoms with van der Waals surface area (Å²) in [6.45, 7) is 1.93. The topological polar surface area (TPSA) is 42.1 Å². The van der Waals surface area contributed by atoms with Gasteiger partial charge in [-0.15, -0.1) is 0 Å². The van der Waals surface area contributed by atoms with E-state index in [2.05, 4.69) is 4.98 Å². The first-order valence-corrected chi connectivity index (χ1v) is 5.63. The smallest absolute Gasteiger partial charge is 0.150 e. The minimum Gasteiger partial charge on any atom is -0.483 e. The first-order valence-electron chi connectivity index (χ1n) is 5.25. The number of nitrogens with one attached hydrogen (secondary N) is 1. The molecule has 88 valence electrons. The van der Waals surface area contributed by atoms with Crippen LogP contribution in [0.2, 0.25) is 5.02 Å². The molecule has 0 spiro atoms. The molecule has 2 aromatic rings. The predicted molar refractivity (Wildman–Crippen MR) is 66.7 cm³/mol. The maximum Gasteiger partial charge on any atom is 0.150 e. The third-order valence-corrected chi connectivity index (χ3v) is 2.75. The van der Waals surface area contributed by atoms with Crippen molar-refractivity contribution in [1.29, 1.82) is 0 Å². The van der Waals surface area contributed by atoms with Gasteiger partial charge in [-0.1, -0.05) is 11.6 Å². The summed E-state index contributed by atoms with van der Waals surface area (Å²) in [6, 6.07) is 8.82. The van der Waals surface area contributed by atoms with Crippen LogP contribution >= 0.6 is 11.6 Å². The minimum atomic E-state index is -0.121. The molecule has 0 aliphatic heterocycles. The summed E-state index contributed by atoms with van der Waals surface area (Å²) in [5.74, 6) is 0.569. The van der Waals surface area contributed by atoms with Crippen LogP contribution in [0.15, 0.2) is 36.5 Å². The Morgan fingerprint density at radius 3 is 2.82 bits per heavy atom. The molecule has 0 radical (unpaired) electrons. The van der Waals surface area contributed by atoms with Crippen LogP contribution in [0.3, 0.4) is 0 Å². The fourth-order valence-corrected chi connectivity index (χ4v) is 1.77. The van der Waals surface area contributed by atoms with Crippen molar-refractivity contribution in [2.75, 3.05) is 0 Å². The summed E-state index contributed by atoms with van der Waals surface area (Å²) in [6.07, 6.45) is 2.47. The fraction of sp³-hybridized carbons (Fsp3) is 0.154. The number of H-pyrrole nitrogens is 1. The molecule has 0 saturated carbocycles. The van der Waals surface area contributed by atoms with Gasteiger partial charge in [-0.25, -0.2) is 0 Å². The summed E-state index contributed by atoms with van der Waals surface area (Å²) < 4.78 is 5.71. The van der Waals surface area contributed by atoms with Crippen molar-refractivity contribution in [3.8, 4) is 5.75 Å². The molecule has 1 atom stereocenters. The van der Waals surface area contributed by atoms with E-state index in [9.17, 15) is 4.79 Å². The lowest BCUT2D eigenvalue weighted by Gasteiger charge is -2.14. The molecule has 0 saturated heterocycles. The van der Waals surface area contributed by atoms with E-state index < -0.39 is 0 Å². The minimum absolute atomic E-state index is 0.121. The molecule has 17 heavy (non-hydrogen) atoms. The van der Waals surface area contributed by atoms with Crippen molar-refractivity contribution in [1.82, 2.24) is 4.98 Å². The molecule has 0 aliphatic carbocycles. The van der Waals surface area contributed by atoms with E-state index in [0.717, 1.165) is 12.0 Å². The van der Waals surface area contributed by atoms with Gasteiger partial charge in [-0.2, -0.15) is 0 Å². The van der Waals surface area contributed by atoms with Crippen LogP contribution in [0.5, 0.6) is 5.75 Å². The molecular weight excluding hydrogens is 238 g/mol. The average molecular weight is 250 g/mol. The molecule has 2 rings (SSSR count). The van der Waals surface area contributed by atoms with Gasteiger partial charge in [0, 0.05) is 11.8 Å². The lowest BCUT2D eigenvalue weighted by Crippen LogP contribution is -2.03. The average Bonchev–Trinajstić information content (AvgIpc) is 2.85. The lowest BCUT2D eigenvalue weighted by molar-refractivity contribution is 0.112. The molecule has 3 nitrogen and oxygen atoms in total. The zero-order valence-electron chi connectivity index (χ0n) is 9.31. The standard InChI is InChI=1S/C13H12ClNO2/c1-9(12-3-2-6-15-12)17-13-5-4-10(8-16)7-11(13)14/h2-9,15H,1H3. The van der Waals surface area contributed by atoms with Crippen molar-refractivity contribution in [3.63, 3.8) is 0 Å². The van der Waals surface area contributed by atoms with Gasteiger partial charge in [-0.3, -0.25) is 4.79 Å². The number of carbonyl (C=O) groups is 1. The molecule has 1 heterocycles. The second kappa shape index (κ2) is 5.06. The Labute approximate surface area is 104 Å². The maximum atomic E-state index is 10.6. The highest BCUT2D eigenvalue weighted by Gasteiger charge is 2.10. The van der Waals surface area contributed by atoms with Crippen molar-refractivity contribution in [2.24, 2.45) is 0 Å². The summed E-state index contributed by atoms with van der Waals surface area (Å²) >= 11 is 6.02. The summed E-state index contributed by atoms with van der Waals surface area (Å²) in [7, 11) is 0. The van der Waals surface area contributed by atoms with Gasteiger partial charge in [-0.05, 0) is 37.3 Å². The molecule has 0 aliphatic rings. The van der Waals surface area contributed by atoms with Gasteiger partial charge in [0.05, 0.1) is 10.7 Å². The maximum absolute atomic E-state index is 10.6. The van der Waals surface area contributed by atoms with Gasteiger partial charge in [0.1, 0.15) is 18.1 Å². The van der Waals surface area contributed by atoms with Gasteiger partial charge < -0.3 is 9.72 Å². The third kappa shape index (κ3) is 2.68. The Morgan fingerprint density at radius 2 is 2.24 bits per heavy atom. The van der Waals surface area contributed by atoms with Crippen LogP contribution in [0, 0.1) is 0 Å². The number of aldehydes is 1. The number of aromatic nitrogens is 1. The molecule has 0 amide bonds. The second-order valence-corrected chi connectivity index (χ2v) is 4.10. The van der Waals surface area contributed by atoms with Crippen molar-refractivity contribution < 1.29 is 9.53 Å². The molecule has 1 N–H and O–H groups in total. The zero-order valence-corrected chi connectivity index (χ0v) is 10.1. The Kier molecular flexibility index (Phi) is 3.49. The first kappa shape index (κ1) is 11.7. The van der Waals surface area contributed by atoms with Crippen LogP contribution in [0.4, 0.5) is 0 Å². The SMILES string of the molecule is CC(Oc1ccc(C=O)cc1Cl)c1ccc[nH]1. The number of aromatic amines is 1. The Balaban J connectivity index is 2.16. The van der Waals surface area contributed by atoms with Gasteiger partial charge in [0.15, 0.2) is 0 Å². The van der Waals surface area contributed by atoms with Crippen molar-refractivity contribution >= 4 is 17.9 Å². The summed E-state index contributed by atoms with van der Waals surface area (Å²) in [5, 5.41) is 0.438. The number of benzene rings is 1. The molecule has 0 fully saturated rings. The number of carbonyl (C=O) groups excluding carboxylic acids is 1. The van der Waals surface area contributed by atoms with Gasteiger partial charge in [0.25, 0.3) is 0 Å². The number of ether oxygens (including phenoxy) is 1. The monoisotopic (exact) mass is 249 g/mol. The Hall–Kier alpha value is -1.74. The highest BCUT2D eigenvalue weighted by molar-refractivity contribution is 6.32. The lowest BCUT2D eigenvalue weighted by atomic mass is 10.2. The largest absolute Gasteiger partial charge is 0.483 e. The van der Waals surface area contributed by atoms with Crippen LogP contribution in [0.1, 0.15) is 29.1 Å². The fourth-order valence-electron chi connectivity index (χ4n) is 1.54. The molecule has 0 bridgehead atoms. The highest BCUT2D eigenvalue weighted by Crippen LogP contribution is 2.29. The summed E-state index contributed by atoms with van der Waals surface area (Å²) in [4.78, 5) is 13.6. The van der Waals surface area contributed by atoms with Gasteiger partial charge in [0.2, 0.25) is 0 Å². The van der Waals surface area contributed by atoms with Crippen LogP contribution < -0.4 is 4.74 Å². The molecular formula is C13H12ClNO2. The number of halogens is 1. The molecule has 4 heteroatoms. The quantitative estimate of drug-likeness (QED) is 0.841. The van der Waals surface area contributed by atoms with Crippen molar-refractivity contribution in [3.05, 3.63) is 52.8 Å². The highest BCUT2D eigenvalue weighted by atomic mass is 35.5. The van der Waals surface area contributed by atoms with E-state index >= 15 is 0 Å². The van der Waals surface area contributed by atoms with E-state index in [-0.39, 0.29) is 6.10 Å². The van der Waals surface area contributed by atoms with Crippen LogP contribution in [0.25, 0.3) is 0 Å². The van der Waals surface area contributed by atoms with Gasteiger partial charge >= 0.3 is 0 Å². The molecule has 1 aromatic heterocycles. The van der Waals surface area contributed by atoms with E-state index in [1.807, 2.05) is 25.3 Å². The normalized spacial score (nSPS) is 12.1. The zero-order chi connectivity index (χ0) is 12.3. The molecule has 1 aromatic carbocycles. The predicted octanol–water partition coefficient (Wildman–Crippen LogP) is 3.62. The number of hydrogen-bond donors (Lipinski definition) is 1.